The Balaban J connectivity index is 2.41. The Morgan fingerprint density at radius 1 is 1.43 bits per heavy atom. The molecular formula is C14H16N4O3. The van der Waals surface area contributed by atoms with Crippen LogP contribution in [0.5, 0.6) is 0 Å². The number of amides is 1. The van der Waals surface area contributed by atoms with E-state index in [2.05, 4.69) is 15.6 Å². The number of carboxylic acids is 1. The molecule has 1 heterocycles. The van der Waals surface area contributed by atoms with Crippen molar-refractivity contribution in [3.05, 3.63) is 30.5 Å². The Morgan fingerprint density at radius 2 is 2.19 bits per heavy atom. The van der Waals surface area contributed by atoms with Crippen LogP contribution in [0.25, 0.3) is 11.3 Å². The van der Waals surface area contributed by atoms with Gasteiger partial charge in [-0.1, -0.05) is 24.3 Å². The van der Waals surface area contributed by atoms with Crippen molar-refractivity contribution in [2.24, 2.45) is 0 Å². The summed E-state index contributed by atoms with van der Waals surface area (Å²) in [6.45, 7) is 3.20. The van der Waals surface area contributed by atoms with Gasteiger partial charge in [0.1, 0.15) is 0 Å². The third-order valence-corrected chi connectivity index (χ3v) is 3.02. The van der Waals surface area contributed by atoms with Crippen LogP contribution in [0.2, 0.25) is 0 Å². The van der Waals surface area contributed by atoms with E-state index in [0.717, 1.165) is 5.56 Å². The van der Waals surface area contributed by atoms with Gasteiger partial charge in [0.15, 0.2) is 6.04 Å². The standard InChI is InChI=1S/C14H16N4O3/c1-3-12(14(20)21)18-13(8-15-17-18)10-5-4-6-11(7-10)16-9(2)19/h4-8,12H,3H2,1-2H3,(H,16,19)(H,20,21). The Morgan fingerprint density at radius 3 is 2.81 bits per heavy atom. The molecule has 1 aromatic heterocycles. The van der Waals surface area contributed by atoms with Crippen molar-refractivity contribution in [3.63, 3.8) is 0 Å². The van der Waals surface area contributed by atoms with E-state index in [1.54, 1.807) is 25.1 Å². The molecule has 1 unspecified atom stereocenters. The molecule has 0 radical (unpaired) electrons. The number of carbonyl (C=O) groups is 2. The number of carboxylic acid groups (broad SMARTS) is 1. The molecule has 21 heavy (non-hydrogen) atoms. The van der Waals surface area contributed by atoms with Gasteiger partial charge in [0, 0.05) is 18.2 Å². The number of benzene rings is 1. The van der Waals surface area contributed by atoms with Crippen molar-refractivity contribution in [2.75, 3.05) is 5.32 Å². The molecule has 0 aliphatic rings. The van der Waals surface area contributed by atoms with Crippen LogP contribution in [0, 0.1) is 0 Å². The zero-order valence-corrected chi connectivity index (χ0v) is 11.8. The lowest BCUT2D eigenvalue weighted by Crippen LogP contribution is -2.20. The van der Waals surface area contributed by atoms with Gasteiger partial charge in [-0.05, 0) is 18.6 Å². The first-order valence-corrected chi connectivity index (χ1v) is 6.54. The van der Waals surface area contributed by atoms with Gasteiger partial charge >= 0.3 is 5.97 Å². The van der Waals surface area contributed by atoms with Crippen LogP contribution >= 0.6 is 0 Å². The van der Waals surface area contributed by atoms with E-state index in [-0.39, 0.29) is 5.91 Å². The SMILES string of the molecule is CCC(C(=O)O)n1nncc1-c1cccc(NC(C)=O)c1. The fraction of sp³-hybridized carbons (Fsp3) is 0.286. The second-order valence-electron chi connectivity index (χ2n) is 4.59. The highest BCUT2D eigenvalue weighted by atomic mass is 16.4. The highest BCUT2D eigenvalue weighted by molar-refractivity contribution is 5.89. The average molecular weight is 288 g/mol. The molecule has 110 valence electrons. The van der Waals surface area contributed by atoms with E-state index < -0.39 is 12.0 Å². The molecular weight excluding hydrogens is 272 g/mol. The maximum absolute atomic E-state index is 11.3. The number of hydrogen-bond donors (Lipinski definition) is 2. The molecule has 2 N–H and O–H groups in total. The van der Waals surface area contributed by atoms with Gasteiger partial charge in [0.2, 0.25) is 5.91 Å². The lowest BCUT2D eigenvalue weighted by atomic mass is 10.1. The Hall–Kier alpha value is -2.70. The van der Waals surface area contributed by atoms with Crippen LogP contribution in [0.4, 0.5) is 5.69 Å². The molecule has 2 aromatic rings. The summed E-state index contributed by atoms with van der Waals surface area (Å²) in [4.78, 5) is 22.4. The summed E-state index contributed by atoms with van der Waals surface area (Å²) < 4.78 is 1.38. The molecule has 0 bridgehead atoms. The van der Waals surface area contributed by atoms with Crippen LogP contribution in [-0.4, -0.2) is 32.0 Å². The Bertz CT molecular complexity index is 666. The molecule has 0 aliphatic carbocycles. The normalized spacial score (nSPS) is 11.9. The minimum absolute atomic E-state index is 0.171. The highest BCUT2D eigenvalue weighted by Crippen LogP contribution is 2.25. The topological polar surface area (TPSA) is 97.1 Å². The first-order chi connectivity index (χ1) is 10.0. The van der Waals surface area contributed by atoms with Crippen LogP contribution in [0.1, 0.15) is 26.3 Å². The third kappa shape index (κ3) is 3.25. The van der Waals surface area contributed by atoms with Gasteiger partial charge < -0.3 is 10.4 Å². The lowest BCUT2D eigenvalue weighted by molar-refractivity contribution is -0.141. The Labute approximate surface area is 121 Å². The number of anilines is 1. The molecule has 7 nitrogen and oxygen atoms in total. The molecule has 1 aromatic carbocycles. The summed E-state index contributed by atoms with van der Waals surface area (Å²) in [6.07, 6.45) is 1.91. The number of aromatic nitrogens is 3. The molecule has 7 heteroatoms. The molecule has 0 aliphatic heterocycles. The molecule has 1 amide bonds. The van der Waals surface area contributed by atoms with Crippen molar-refractivity contribution >= 4 is 17.6 Å². The summed E-state index contributed by atoms with van der Waals surface area (Å²) in [7, 11) is 0. The Kier molecular flexibility index (Phi) is 4.32. The fourth-order valence-electron chi connectivity index (χ4n) is 2.09. The van der Waals surface area contributed by atoms with Gasteiger partial charge in [-0.2, -0.15) is 0 Å². The summed E-state index contributed by atoms with van der Waals surface area (Å²) >= 11 is 0. The van der Waals surface area contributed by atoms with Crippen molar-refractivity contribution in [1.82, 2.24) is 15.0 Å². The van der Waals surface area contributed by atoms with Crippen LogP contribution in [0.3, 0.4) is 0 Å². The zero-order valence-electron chi connectivity index (χ0n) is 11.8. The van der Waals surface area contributed by atoms with Crippen molar-refractivity contribution in [1.29, 1.82) is 0 Å². The minimum Gasteiger partial charge on any atom is -0.480 e. The van der Waals surface area contributed by atoms with E-state index in [4.69, 9.17) is 0 Å². The summed E-state index contributed by atoms with van der Waals surface area (Å²) in [5, 5.41) is 19.6. The van der Waals surface area contributed by atoms with Crippen molar-refractivity contribution in [3.8, 4) is 11.3 Å². The lowest BCUT2D eigenvalue weighted by Gasteiger charge is -2.13. The van der Waals surface area contributed by atoms with Gasteiger partial charge in [0.05, 0.1) is 11.9 Å². The second-order valence-corrected chi connectivity index (χ2v) is 4.59. The summed E-state index contributed by atoms with van der Waals surface area (Å²) in [6, 6.07) is 6.33. The molecule has 1 atom stereocenters. The van der Waals surface area contributed by atoms with E-state index in [1.165, 1.54) is 17.8 Å². The summed E-state index contributed by atoms with van der Waals surface area (Å²) in [5.41, 5.74) is 1.97. The smallest absolute Gasteiger partial charge is 0.328 e. The number of aliphatic carboxylic acids is 1. The molecule has 0 spiro atoms. The second kappa shape index (κ2) is 6.17. The average Bonchev–Trinajstić information content (AvgIpc) is 2.88. The number of hydrogen-bond acceptors (Lipinski definition) is 4. The van der Waals surface area contributed by atoms with Crippen molar-refractivity contribution < 1.29 is 14.7 Å². The van der Waals surface area contributed by atoms with Crippen LogP contribution < -0.4 is 5.32 Å². The van der Waals surface area contributed by atoms with Crippen LogP contribution in [-0.2, 0) is 9.59 Å². The fourth-order valence-corrected chi connectivity index (χ4v) is 2.09. The predicted molar refractivity (Wildman–Crippen MR) is 76.7 cm³/mol. The quantitative estimate of drug-likeness (QED) is 0.876. The van der Waals surface area contributed by atoms with E-state index in [1.807, 2.05) is 6.07 Å². The van der Waals surface area contributed by atoms with E-state index in [9.17, 15) is 14.7 Å². The van der Waals surface area contributed by atoms with Crippen LogP contribution in [0.15, 0.2) is 30.5 Å². The highest BCUT2D eigenvalue weighted by Gasteiger charge is 2.22. The number of nitrogens with zero attached hydrogens (tertiary/aromatic N) is 3. The first-order valence-electron chi connectivity index (χ1n) is 6.54. The van der Waals surface area contributed by atoms with Gasteiger partial charge in [-0.25, -0.2) is 9.48 Å². The summed E-state index contributed by atoms with van der Waals surface area (Å²) in [5.74, 6) is -1.13. The largest absolute Gasteiger partial charge is 0.480 e. The van der Waals surface area contributed by atoms with Crippen molar-refractivity contribution in [2.45, 2.75) is 26.3 Å². The van der Waals surface area contributed by atoms with Gasteiger partial charge in [-0.15, -0.1) is 5.10 Å². The third-order valence-electron chi connectivity index (χ3n) is 3.02. The van der Waals surface area contributed by atoms with Gasteiger partial charge in [-0.3, -0.25) is 4.79 Å². The monoisotopic (exact) mass is 288 g/mol. The van der Waals surface area contributed by atoms with E-state index in [0.29, 0.717) is 17.8 Å². The maximum Gasteiger partial charge on any atom is 0.328 e. The number of nitrogens with one attached hydrogen (secondary N) is 1. The molecule has 0 saturated heterocycles. The first kappa shape index (κ1) is 14.7. The number of carbonyl (C=O) groups excluding carboxylic acids is 1. The zero-order chi connectivity index (χ0) is 15.4. The predicted octanol–water partition coefficient (Wildman–Crippen LogP) is 1.94. The maximum atomic E-state index is 11.3. The molecule has 0 saturated carbocycles. The molecule has 0 fully saturated rings. The number of rotatable bonds is 5. The van der Waals surface area contributed by atoms with Gasteiger partial charge in [0.25, 0.3) is 0 Å². The van der Waals surface area contributed by atoms with E-state index >= 15 is 0 Å². The molecule has 2 rings (SSSR count). The minimum atomic E-state index is -0.956.